The van der Waals surface area contributed by atoms with Crippen molar-refractivity contribution in [1.82, 2.24) is 4.90 Å². The first kappa shape index (κ1) is 15.8. The van der Waals surface area contributed by atoms with Gasteiger partial charge in [0.05, 0.1) is 7.11 Å². The van der Waals surface area contributed by atoms with Crippen molar-refractivity contribution in [2.45, 2.75) is 52.1 Å². The normalized spacial score (nSPS) is 20.0. The maximum absolute atomic E-state index is 12.0. The number of methoxy groups -OCH3 is 1. The predicted molar refractivity (Wildman–Crippen MR) is 71.8 cm³/mol. The summed E-state index contributed by atoms with van der Waals surface area (Å²) in [6.07, 6.45) is 2.95. The lowest BCUT2D eigenvalue weighted by Crippen LogP contribution is -2.42. The fourth-order valence-electron chi connectivity index (χ4n) is 2.22. The standard InChI is InChI=1S/C14H25NO4/c1-14(2,3)19-13(17)15-9-5-6-11(10-15)7-8-12(16)18-4/h11H,5-10H2,1-4H3. The first-order valence-electron chi connectivity index (χ1n) is 6.86. The van der Waals surface area contributed by atoms with Gasteiger partial charge in [0.1, 0.15) is 5.60 Å². The van der Waals surface area contributed by atoms with Crippen molar-refractivity contribution >= 4 is 12.1 Å². The van der Waals surface area contributed by atoms with E-state index in [4.69, 9.17) is 4.74 Å². The van der Waals surface area contributed by atoms with E-state index in [0.29, 0.717) is 18.9 Å². The molecule has 1 heterocycles. The van der Waals surface area contributed by atoms with Crippen LogP contribution in [0.5, 0.6) is 0 Å². The largest absolute Gasteiger partial charge is 0.469 e. The van der Waals surface area contributed by atoms with E-state index in [9.17, 15) is 9.59 Å². The highest BCUT2D eigenvalue weighted by molar-refractivity contribution is 5.69. The molecule has 1 atom stereocenters. The fraction of sp³-hybridized carbons (Fsp3) is 0.857. The summed E-state index contributed by atoms with van der Waals surface area (Å²) >= 11 is 0. The summed E-state index contributed by atoms with van der Waals surface area (Å²) in [6.45, 7) is 7.01. The predicted octanol–water partition coefficient (Wildman–Crippen LogP) is 2.59. The van der Waals surface area contributed by atoms with Crippen LogP contribution in [0.2, 0.25) is 0 Å². The number of carbonyl (C=O) groups excluding carboxylic acids is 2. The summed E-state index contributed by atoms with van der Waals surface area (Å²) < 4.78 is 10.0. The Kier molecular flexibility index (Phi) is 5.63. The van der Waals surface area contributed by atoms with Crippen molar-refractivity contribution < 1.29 is 19.1 Å². The third kappa shape index (κ3) is 5.94. The molecule has 0 aromatic rings. The average Bonchev–Trinajstić information content (AvgIpc) is 2.34. The maximum atomic E-state index is 12.0. The van der Waals surface area contributed by atoms with E-state index < -0.39 is 5.60 Å². The summed E-state index contributed by atoms with van der Waals surface area (Å²) in [7, 11) is 1.40. The average molecular weight is 271 g/mol. The van der Waals surface area contributed by atoms with Crippen LogP contribution in [0.3, 0.4) is 0 Å². The monoisotopic (exact) mass is 271 g/mol. The Labute approximate surface area is 115 Å². The molecular weight excluding hydrogens is 246 g/mol. The molecule has 5 heteroatoms. The van der Waals surface area contributed by atoms with Gasteiger partial charge in [-0.05, 0) is 46.0 Å². The Balaban J connectivity index is 2.41. The fourth-order valence-corrected chi connectivity index (χ4v) is 2.22. The maximum Gasteiger partial charge on any atom is 0.410 e. The zero-order chi connectivity index (χ0) is 14.5. The van der Waals surface area contributed by atoms with Crippen LogP contribution >= 0.6 is 0 Å². The molecule has 1 unspecified atom stereocenters. The molecule has 0 saturated carbocycles. The van der Waals surface area contributed by atoms with Crippen LogP contribution in [0.1, 0.15) is 46.5 Å². The van der Waals surface area contributed by atoms with Gasteiger partial charge in [0.15, 0.2) is 0 Å². The van der Waals surface area contributed by atoms with E-state index in [1.54, 1.807) is 4.90 Å². The summed E-state index contributed by atoms with van der Waals surface area (Å²) in [4.78, 5) is 24.8. The molecule has 1 amide bonds. The zero-order valence-corrected chi connectivity index (χ0v) is 12.4. The van der Waals surface area contributed by atoms with Gasteiger partial charge >= 0.3 is 12.1 Å². The first-order valence-corrected chi connectivity index (χ1v) is 6.86. The molecule has 1 fully saturated rings. The third-order valence-corrected chi connectivity index (χ3v) is 3.16. The number of piperidine rings is 1. The lowest BCUT2D eigenvalue weighted by Gasteiger charge is -2.34. The summed E-state index contributed by atoms with van der Waals surface area (Å²) in [5, 5.41) is 0. The molecule has 1 rings (SSSR count). The molecule has 0 N–H and O–H groups in total. The number of hydrogen-bond donors (Lipinski definition) is 0. The number of esters is 1. The second-order valence-electron chi connectivity index (χ2n) is 6.05. The van der Waals surface area contributed by atoms with Gasteiger partial charge in [-0.15, -0.1) is 0 Å². The molecule has 0 aromatic heterocycles. The molecule has 0 aliphatic carbocycles. The van der Waals surface area contributed by atoms with Gasteiger partial charge in [0.25, 0.3) is 0 Å². The molecule has 19 heavy (non-hydrogen) atoms. The Hall–Kier alpha value is -1.26. The molecule has 1 aliphatic heterocycles. The minimum absolute atomic E-state index is 0.186. The van der Waals surface area contributed by atoms with E-state index in [1.165, 1.54) is 7.11 Å². The molecule has 110 valence electrons. The Morgan fingerprint density at radius 1 is 1.32 bits per heavy atom. The molecular formula is C14H25NO4. The van der Waals surface area contributed by atoms with Gasteiger partial charge in [-0.1, -0.05) is 0 Å². The minimum atomic E-state index is -0.462. The molecule has 1 aliphatic rings. The lowest BCUT2D eigenvalue weighted by atomic mass is 9.93. The quantitative estimate of drug-likeness (QED) is 0.740. The van der Waals surface area contributed by atoms with Gasteiger partial charge in [-0.3, -0.25) is 4.79 Å². The molecule has 0 bridgehead atoms. The number of rotatable bonds is 3. The van der Waals surface area contributed by atoms with Crippen LogP contribution in [-0.4, -0.2) is 42.8 Å². The van der Waals surface area contributed by atoms with Crippen molar-refractivity contribution in [2.24, 2.45) is 5.92 Å². The van der Waals surface area contributed by atoms with Crippen LogP contribution in [-0.2, 0) is 14.3 Å². The number of carbonyl (C=O) groups is 2. The Morgan fingerprint density at radius 2 is 2.00 bits per heavy atom. The van der Waals surface area contributed by atoms with Crippen molar-refractivity contribution in [1.29, 1.82) is 0 Å². The third-order valence-electron chi connectivity index (χ3n) is 3.16. The van der Waals surface area contributed by atoms with Crippen LogP contribution in [0.15, 0.2) is 0 Å². The highest BCUT2D eigenvalue weighted by atomic mass is 16.6. The Bertz CT molecular complexity index is 322. The van der Waals surface area contributed by atoms with Crippen LogP contribution < -0.4 is 0 Å². The van der Waals surface area contributed by atoms with E-state index in [-0.39, 0.29) is 12.1 Å². The van der Waals surface area contributed by atoms with E-state index >= 15 is 0 Å². The highest BCUT2D eigenvalue weighted by Crippen LogP contribution is 2.22. The van der Waals surface area contributed by atoms with Crippen LogP contribution in [0, 0.1) is 5.92 Å². The van der Waals surface area contributed by atoms with Crippen molar-refractivity contribution in [2.75, 3.05) is 20.2 Å². The highest BCUT2D eigenvalue weighted by Gasteiger charge is 2.27. The van der Waals surface area contributed by atoms with Crippen LogP contribution in [0.25, 0.3) is 0 Å². The Morgan fingerprint density at radius 3 is 2.58 bits per heavy atom. The summed E-state index contributed by atoms with van der Waals surface area (Å²) in [5.74, 6) is 0.176. The van der Waals surface area contributed by atoms with E-state index in [1.807, 2.05) is 20.8 Å². The van der Waals surface area contributed by atoms with E-state index in [2.05, 4.69) is 4.74 Å². The van der Waals surface area contributed by atoms with E-state index in [0.717, 1.165) is 25.8 Å². The number of hydrogen-bond acceptors (Lipinski definition) is 4. The molecule has 0 spiro atoms. The van der Waals surface area contributed by atoms with Crippen molar-refractivity contribution in [3.8, 4) is 0 Å². The second-order valence-corrected chi connectivity index (χ2v) is 6.05. The second kappa shape index (κ2) is 6.78. The number of likely N-dealkylation sites (tertiary alicyclic amines) is 1. The number of nitrogens with zero attached hydrogens (tertiary/aromatic N) is 1. The lowest BCUT2D eigenvalue weighted by molar-refractivity contribution is -0.141. The van der Waals surface area contributed by atoms with Crippen molar-refractivity contribution in [3.05, 3.63) is 0 Å². The minimum Gasteiger partial charge on any atom is -0.469 e. The SMILES string of the molecule is COC(=O)CCC1CCCN(C(=O)OC(C)(C)C)C1. The molecule has 5 nitrogen and oxygen atoms in total. The van der Waals surface area contributed by atoms with Crippen LogP contribution in [0.4, 0.5) is 4.79 Å². The van der Waals surface area contributed by atoms with Gasteiger partial charge in [0.2, 0.25) is 0 Å². The molecule has 0 radical (unpaired) electrons. The first-order chi connectivity index (χ1) is 8.81. The molecule has 0 aromatic carbocycles. The van der Waals surface area contributed by atoms with Gasteiger partial charge in [-0.2, -0.15) is 0 Å². The summed E-state index contributed by atoms with van der Waals surface area (Å²) in [5.41, 5.74) is -0.462. The van der Waals surface area contributed by atoms with Gasteiger partial charge < -0.3 is 14.4 Å². The van der Waals surface area contributed by atoms with Gasteiger partial charge in [0, 0.05) is 19.5 Å². The summed E-state index contributed by atoms with van der Waals surface area (Å²) in [6, 6.07) is 0. The zero-order valence-electron chi connectivity index (χ0n) is 12.4. The van der Waals surface area contributed by atoms with Crippen molar-refractivity contribution in [3.63, 3.8) is 0 Å². The number of amides is 1. The smallest absolute Gasteiger partial charge is 0.410 e. The topological polar surface area (TPSA) is 55.8 Å². The molecule has 1 saturated heterocycles. The number of ether oxygens (including phenoxy) is 2. The van der Waals surface area contributed by atoms with Gasteiger partial charge in [-0.25, -0.2) is 4.79 Å².